The lowest BCUT2D eigenvalue weighted by Crippen LogP contribution is -2.19. The third kappa shape index (κ3) is 5.23. The van der Waals surface area contributed by atoms with Gasteiger partial charge < -0.3 is 9.47 Å². The van der Waals surface area contributed by atoms with Gasteiger partial charge in [-0.2, -0.15) is 5.10 Å². The summed E-state index contributed by atoms with van der Waals surface area (Å²) in [5.41, 5.74) is 3.17. The van der Waals surface area contributed by atoms with Crippen LogP contribution in [0.2, 0.25) is 0 Å². The zero-order chi connectivity index (χ0) is 16.7. The van der Waals surface area contributed by atoms with Crippen molar-refractivity contribution in [3.05, 3.63) is 46.2 Å². The highest BCUT2D eigenvalue weighted by Crippen LogP contribution is 2.27. The number of hydrogen-bond donors (Lipinski definition) is 1. The summed E-state index contributed by atoms with van der Waals surface area (Å²) in [7, 11) is 1.48. The maximum Gasteiger partial charge on any atom is 0.308 e. The van der Waals surface area contributed by atoms with Gasteiger partial charge in [-0.1, -0.05) is 6.07 Å². The van der Waals surface area contributed by atoms with Gasteiger partial charge in [-0.15, -0.1) is 11.3 Å². The van der Waals surface area contributed by atoms with Gasteiger partial charge in [0.05, 0.1) is 19.7 Å². The molecular formula is C16H16N2O4S. The number of rotatable bonds is 6. The van der Waals surface area contributed by atoms with Gasteiger partial charge in [-0.05, 0) is 35.2 Å². The second kappa shape index (κ2) is 8.09. The van der Waals surface area contributed by atoms with Gasteiger partial charge in [0.2, 0.25) is 5.91 Å². The van der Waals surface area contributed by atoms with Crippen LogP contribution in [0.4, 0.5) is 0 Å². The summed E-state index contributed by atoms with van der Waals surface area (Å²) in [5, 5.41) is 5.82. The van der Waals surface area contributed by atoms with E-state index in [9.17, 15) is 9.59 Å². The highest BCUT2D eigenvalue weighted by Gasteiger charge is 2.07. The van der Waals surface area contributed by atoms with E-state index in [1.807, 2.05) is 17.5 Å². The molecule has 1 aromatic heterocycles. The topological polar surface area (TPSA) is 77.0 Å². The Hall–Kier alpha value is -2.67. The number of nitrogens with zero attached hydrogens (tertiary/aromatic N) is 1. The lowest BCUT2D eigenvalue weighted by atomic mass is 10.2. The standard InChI is InChI=1S/C16H16N2O4S/c1-11(19)22-14-6-5-12(8-15(14)21-2)10-17-18-16(20)9-13-4-3-7-23-13/h3-8,10H,9H2,1-2H3,(H,18,20)/b17-10+. The van der Waals surface area contributed by atoms with Crippen LogP contribution in [0, 0.1) is 0 Å². The van der Waals surface area contributed by atoms with E-state index in [1.54, 1.807) is 18.2 Å². The maximum absolute atomic E-state index is 11.7. The second-order valence-electron chi connectivity index (χ2n) is 4.55. The largest absolute Gasteiger partial charge is 0.493 e. The molecule has 23 heavy (non-hydrogen) atoms. The third-order valence-electron chi connectivity index (χ3n) is 2.76. The van der Waals surface area contributed by atoms with Crippen LogP contribution in [0.5, 0.6) is 11.5 Å². The molecule has 0 bridgehead atoms. The SMILES string of the molecule is COc1cc(/C=N/NC(=O)Cc2cccs2)ccc1OC(C)=O. The van der Waals surface area contributed by atoms with Gasteiger partial charge in [-0.3, -0.25) is 9.59 Å². The van der Waals surface area contributed by atoms with Gasteiger partial charge in [0.15, 0.2) is 11.5 Å². The molecule has 7 heteroatoms. The summed E-state index contributed by atoms with van der Waals surface area (Å²) >= 11 is 1.52. The molecule has 0 saturated heterocycles. The Morgan fingerprint density at radius 2 is 2.13 bits per heavy atom. The van der Waals surface area contributed by atoms with Crippen LogP contribution in [0.25, 0.3) is 0 Å². The van der Waals surface area contributed by atoms with E-state index in [2.05, 4.69) is 10.5 Å². The Balaban J connectivity index is 1.96. The molecule has 2 rings (SSSR count). The molecule has 0 unspecified atom stereocenters. The quantitative estimate of drug-likeness (QED) is 0.381. The first-order valence-corrected chi connectivity index (χ1v) is 7.67. The Morgan fingerprint density at radius 3 is 2.78 bits per heavy atom. The number of amides is 1. The number of ether oxygens (including phenoxy) is 2. The molecule has 1 heterocycles. The van der Waals surface area contributed by atoms with Crippen LogP contribution < -0.4 is 14.9 Å². The second-order valence-corrected chi connectivity index (χ2v) is 5.59. The summed E-state index contributed by atoms with van der Waals surface area (Å²) in [4.78, 5) is 23.7. The minimum absolute atomic E-state index is 0.188. The first-order chi connectivity index (χ1) is 11.1. The van der Waals surface area contributed by atoms with E-state index >= 15 is 0 Å². The normalized spacial score (nSPS) is 10.5. The van der Waals surface area contributed by atoms with Crippen LogP contribution in [0.15, 0.2) is 40.8 Å². The highest BCUT2D eigenvalue weighted by molar-refractivity contribution is 7.10. The van der Waals surface area contributed by atoms with E-state index in [4.69, 9.17) is 9.47 Å². The molecule has 1 N–H and O–H groups in total. The van der Waals surface area contributed by atoms with E-state index < -0.39 is 5.97 Å². The number of nitrogens with one attached hydrogen (secondary N) is 1. The van der Waals surface area contributed by atoms with Gasteiger partial charge in [0, 0.05) is 11.8 Å². The molecule has 0 aliphatic carbocycles. The first kappa shape index (κ1) is 16.7. The molecule has 1 aromatic carbocycles. The van der Waals surface area contributed by atoms with Crippen LogP contribution in [0.1, 0.15) is 17.4 Å². The van der Waals surface area contributed by atoms with Crippen molar-refractivity contribution in [3.8, 4) is 11.5 Å². The lowest BCUT2D eigenvalue weighted by molar-refractivity contribution is -0.132. The van der Waals surface area contributed by atoms with E-state index in [1.165, 1.54) is 31.6 Å². The van der Waals surface area contributed by atoms with Crippen molar-refractivity contribution in [2.24, 2.45) is 5.10 Å². The van der Waals surface area contributed by atoms with Gasteiger partial charge in [0.25, 0.3) is 0 Å². The lowest BCUT2D eigenvalue weighted by Gasteiger charge is -2.08. The fourth-order valence-corrected chi connectivity index (χ4v) is 2.50. The molecule has 6 nitrogen and oxygen atoms in total. The third-order valence-corrected chi connectivity index (χ3v) is 3.64. The molecule has 0 aliphatic heterocycles. The Kier molecular flexibility index (Phi) is 5.87. The van der Waals surface area contributed by atoms with E-state index in [-0.39, 0.29) is 5.91 Å². The van der Waals surface area contributed by atoms with E-state index in [0.29, 0.717) is 23.5 Å². The molecule has 120 valence electrons. The highest BCUT2D eigenvalue weighted by atomic mass is 32.1. The van der Waals surface area contributed by atoms with E-state index in [0.717, 1.165) is 4.88 Å². The molecule has 2 aromatic rings. The molecule has 0 fully saturated rings. The zero-order valence-electron chi connectivity index (χ0n) is 12.7. The van der Waals surface area contributed by atoms with Gasteiger partial charge in [-0.25, -0.2) is 5.43 Å². The van der Waals surface area contributed by atoms with Crippen molar-refractivity contribution >= 4 is 29.4 Å². The average molecular weight is 332 g/mol. The zero-order valence-corrected chi connectivity index (χ0v) is 13.6. The number of benzene rings is 1. The van der Waals surface area contributed by atoms with Crippen molar-refractivity contribution in [1.29, 1.82) is 0 Å². The molecule has 0 saturated carbocycles. The average Bonchev–Trinajstić information content (AvgIpc) is 3.01. The van der Waals surface area contributed by atoms with Gasteiger partial charge in [0.1, 0.15) is 0 Å². The fraction of sp³-hybridized carbons (Fsp3) is 0.188. The van der Waals surface area contributed by atoms with Crippen LogP contribution in [-0.4, -0.2) is 25.2 Å². The summed E-state index contributed by atoms with van der Waals surface area (Å²) in [6.07, 6.45) is 1.79. The van der Waals surface area contributed by atoms with Crippen molar-refractivity contribution in [2.75, 3.05) is 7.11 Å². The van der Waals surface area contributed by atoms with Crippen LogP contribution in [-0.2, 0) is 16.0 Å². The minimum Gasteiger partial charge on any atom is -0.493 e. The smallest absolute Gasteiger partial charge is 0.308 e. The molecule has 0 spiro atoms. The minimum atomic E-state index is -0.425. The number of thiophene rings is 1. The van der Waals surface area contributed by atoms with Crippen molar-refractivity contribution in [2.45, 2.75) is 13.3 Å². The number of carbonyl (C=O) groups excluding carboxylic acids is 2. The Bertz CT molecular complexity index is 711. The van der Waals surface area contributed by atoms with Crippen LogP contribution in [0.3, 0.4) is 0 Å². The van der Waals surface area contributed by atoms with Crippen molar-refractivity contribution < 1.29 is 19.1 Å². The monoisotopic (exact) mass is 332 g/mol. The molecular weight excluding hydrogens is 316 g/mol. The summed E-state index contributed by atoms with van der Waals surface area (Å²) in [6.45, 7) is 1.32. The summed E-state index contributed by atoms with van der Waals surface area (Å²) in [6, 6.07) is 8.76. The number of esters is 1. The first-order valence-electron chi connectivity index (χ1n) is 6.79. The number of hydrazone groups is 1. The molecule has 1 amide bonds. The van der Waals surface area contributed by atoms with Gasteiger partial charge >= 0.3 is 5.97 Å². The Labute approximate surface area is 137 Å². The number of carbonyl (C=O) groups is 2. The number of hydrogen-bond acceptors (Lipinski definition) is 6. The summed E-state index contributed by atoms with van der Waals surface area (Å²) in [5.74, 6) is 0.130. The van der Waals surface area contributed by atoms with Crippen LogP contribution >= 0.6 is 11.3 Å². The number of methoxy groups -OCH3 is 1. The predicted octanol–water partition coefficient (Wildman–Crippen LogP) is 2.37. The summed E-state index contributed by atoms with van der Waals surface area (Å²) < 4.78 is 10.2. The Morgan fingerprint density at radius 1 is 1.30 bits per heavy atom. The predicted molar refractivity (Wildman–Crippen MR) is 88.1 cm³/mol. The van der Waals surface area contributed by atoms with Crippen molar-refractivity contribution in [1.82, 2.24) is 5.43 Å². The maximum atomic E-state index is 11.7. The van der Waals surface area contributed by atoms with Crippen molar-refractivity contribution in [3.63, 3.8) is 0 Å². The molecule has 0 aliphatic rings. The molecule has 0 radical (unpaired) electrons. The fourth-order valence-electron chi connectivity index (χ4n) is 1.79. The molecule has 0 atom stereocenters.